The van der Waals surface area contributed by atoms with Crippen molar-refractivity contribution in [1.29, 1.82) is 0 Å². The molecule has 0 aliphatic rings. The molecule has 2 aromatic carbocycles. The molecule has 110 valence electrons. The summed E-state index contributed by atoms with van der Waals surface area (Å²) in [5, 5.41) is 2.67. The molecule has 0 heterocycles. The zero-order valence-corrected chi connectivity index (χ0v) is 12.7. The van der Waals surface area contributed by atoms with E-state index in [2.05, 4.69) is 10.0 Å². The molecule has 0 aliphatic heterocycles. The fourth-order valence-electron chi connectivity index (χ4n) is 1.69. The molecule has 7 heteroatoms. The van der Waals surface area contributed by atoms with Gasteiger partial charge in [-0.3, -0.25) is 9.52 Å². The summed E-state index contributed by atoms with van der Waals surface area (Å²) in [6.45, 7) is 0. The summed E-state index contributed by atoms with van der Waals surface area (Å²) >= 11 is 5.98. The van der Waals surface area contributed by atoms with Crippen LogP contribution in [0.15, 0.2) is 53.4 Å². The molecule has 0 saturated heterocycles. The maximum absolute atomic E-state index is 12.2. The van der Waals surface area contributed by atoms with E-state index >= 15 is 0 Å². The van der Waals surface area contributed by atoms with Crippen molar-refractivity contribution in [3.05, 3.63) is 59.1 Å². The lowest BCUT2D eigenvalue weighted by Crippen LogP contribution is -2.18. The summed E-state index contributed by atoms with van der Waals surface area (Å²) in [5.74, 6) is -0.327. The number of benzene rings is 2. The Hall–Kier alpha value is -2.05. The van der Waals surface area contributed by atoms with Gasteiger partial charge >= 0.3 is 0 Å². The number of halogens is 1. The number of nitrogens with one attached hydrogen (secondary N) is 2. The Bertz CT molecular complexity index is 761. The van der Waals surface area contributed by atoms with Gasteiger partial charge in [-0.2, -0.15) is 0 Å². The maximum Gasteiger partial charge on any atom is 0.261 e. The highest BCUT2D eigenvalue weighted by Crippen LogP contribution is 2.25. The van der Waals surface area contributed by atoms with Gasteiger partial charge in [0.1, 0.15) is 0 Å². The van der Waals surface area contributed by atoms with Crippen molar-refractivity contribution in [2.75, 3.05) is 11.8 Å². The van der Waals surface area contributed by atoms with Crippen molar-refractivity contribution >= 4 is 33.2 Å². The number of hydrogen-bond donors (Lipinski definition) is 2. The first-order valence-corrected chi connectivity index (χ1v) is 7.89. The summed E-state index contributed by atoms with van der Waals surface area (Å²) in [7, 11) is -2.26. The average molecular weight is 325 g/mol. The highest BCUT2D eigenvalue weighted by Gasteiger charge is 2.16. The number of hydrogen-bond acceptors (Lipinski definition) is 3. The van der Waals surface area contributed by atoms with Crippen LogP contribution >= 0.6 is 11.6 Å². The first-order chi connectivity index (χ1) is 9.94. The fourth-order valence-corrected chi connectivity index (χ4v) is 3.00. The SMILES string of the molecule is CNC(=O)c1ccc(Cl)c(NS(=O)(=O)c2ccccc2)c1. The molecule has 2 rings (SSSR count). The summed E-state index contributed by atoms with van der Waals surface area (Å²) < 4.78 is 26.9. The monoisotopic (exact) mass is 324 g/mol. The topological polar surface area (TPSA) is 75.3 Å². The molecular formula is C14H13ClN2O3S. The Labute approximate surface area is 128 Å². The van der Waals surface area contributed by atoms with Crippen molar-refractivity contribution in [3.63, 3.8) is 0 Å². The first-order valence-electron chi connectivity index (χ1n) is 6.03. The van der Waals surface area contributed by atoms with Gasteiger partial charge in [-0.05, 0) is 30.3 Å². The largest absolute Gasteiger partial charge is 0.355 e. The van der Waals surface area contributed by atoms with Crippen LogP contribution < -0.4 is 10.0 Å². The predicted octanol–water partition coefficient (Wildman–Crippen LogP) is 2.50. The molecule has 0 bridgehead atoms. The third-order valence-electron chi connectivity index (χ3n) is 2.75. The normalized spacial score (nSPS) is 11.0. The molecule has 0 radical (unpaired) electrons. The van der Waals surface area contributed by atoms with Gasteiger partial charge in [0, 0.05) is 12.6 Å². The standard InChI is InChI=1S/C14H13ClN2O3S/c1-16-14(18)10-7-8-12(15)13(9-10)17-21(19,20)11-5-3-2-4-6-11/h2-9,17H,1H3,(H,16,18). The molecular weight excluding hydrogens is 312 g/mol. The van der Waals surface area contributed by atoms with E-state index in [0.29, 0.717) is 5.56 Å². The maximum atomic E-state index is 12.2. The van der Waals surface area contributed by atoms with Gasteiger partial charge in [-0.15, -0.1) is 0 Å². The Morgan fingerprint density at radius 2 is 1.76 bits per heavy atom. The molecule has 5 nitrogen and oxygen atoms in total. The highest BCUT2D eigenvalue weighted by molar-refractivity contribution is 7.92. The molecule has 1 amide bonds. The van der Waals surface area contributed by atoms with E-state index in [0.717, 1.165) is 0 Å². The van der Waals surface area contributed by atoms with Crippen LogP contribution in [0.3, 0.4) is 0 Å². The predicted molar refractivity (Wildman–Crippen MR) is 82.1 cm³/mol. The third kappa shape index (κ3) is 3.53. The Morgan fingerprint density at radius 3 is 2.38 bits per heavy atom. The molecule has 0 unspecified atom stereocenters. The lowest BCUT2D eigenvalue weighted by atomic mass is 10.2. The smallest absolute Gasteiger partial charge is 0.261 e. The number of sulfonamides is 1. The van der Waals surface area contributed by atoms with Crippen LogP contribution in [0.1, 0.15) is 10.4 Å². The minimum absolute atomic E-state index is 0.117. The summed E-state index contributed by atoms with van der Waals surface area (Å²) in [5.41, 5.74) is 0.467. The molecule has 2 aromatic rings. The summed E-state index contributed by atoms with van der Waals surface area (Å²) in [6.07, 6.45) is 0. The van der Waals surface area contributed by atoms with Gasteiger partial charge < -0.3 is 5.32 Å². The van der Waals surface area contributed by atoms with Gasteiger partial charge in [0.25, 0.3) is 15.9 Å². The van der Waals surface area contributed by atoms with Crippen LogP contribution in [0, 0.1) is 0 Å². The number of amides is 1. The second kappa shape index (κ2) is 6.15. The molecule has 0 aromatic heterocycles. The number of rotatable bonds is 4. The van der Waals surface area contributed by atoms with E-state index in [1.165, 1.54) is 37.4 Å². The molecule has 2 N–H and O–H groups in total. The van der Waals surface area contributed by atoms with Gasteiger partial charge in [0.2, 0.25) is 0 Å². The minimum atomic E-state index is -3.75. The van der Waals surface area contributed by atoms with Crippen molar-refractivity contribution in [2.24, 2.45) is 0 Å². The van der Waals surface area contributed by atoms with E-state index in [-0.39, 0.29) is 21.5 Å². The van der Waals surface area contributed by atoms with E-state index < -0.39 is 10.0 Å². The van der Waals surface area contributed by atoms with E-state index in [1.807, 2.05) is 0 Å². The number of carbonyl (C=O) groups is 1. The summed E-state index contributed by atoms with van der Waals surface area (Å²) in [4.78, 5) is 11.7. The van der Waals surface area contributed by atoms with Crippen molar-refractivity contribution in [3.8, 4) is 0 Å². The fraction of sp³-hybridized carbons (Fsp3) is 0.0714. The molecule has 0 fully saturated rings. The Balaban J connectivity index is 2.37. The van der Waals surface area contributed by atoms with Crippen LogP contribution in [-0.2, 0) is 10.0 Å². The van der Waals surface area contributed by atoms with Crippen molar-refractivity contribution in [1.82, 2.24) is 5.32 Å². The van der Waals surface area contributed by atoms with E-state index in [4.69, 9.17) is 11.6 Å². The molecule has 0 atom stereocenters. The zero-order chi connectivity index (χ0) is 15.5. The van der Waals surface area contributed by atoms with Crippen molar-refractivity contribution < 1.29 is 13.2 Å². The van der Waals surface area contributed by atoms with Gasteiger partial charge in [-0.25, -0.2) is 8.42 Å². The van der Waals surface area contributed by atoms with Crippen LogP contribution in [0.25, 0.3) is 0 Å². The lowest BCUT2D eigenvalue weighted by molar-refractivity contribution is 0.0963. The Morgan fingerprint density at radius 1 is 1.10 bits per heavy atom. The highest BCUT2D eigenvalue weighted by atomic mass is 35.5. The van der Waals surface area contributed by atoms with Crippen LogP contribution in [-0.4, -0.2) is 21.4 Å². The third-order valence-corrected chi connectivity index (χ3v) is 4.46. The number of anilines is 1. The molecule has 0 saturated carbocycles. The minimum Gasteiger partial charge on any atom is -0.355 e. The molecule has 0 spiro atoms. The van der Waals surface area contributed by atoms with Gasteiger partial charge in [0.05, 0.1) is 15.6 Å². The van der Waals surface area contributed by atoms with Gasteiger partial charge in [-0.1, -0.05) is 29.8 Å². The second-order valence-electron chi connectivity index (χ2n) is 4.19. The van der Waals surface area contributed by atoms with Gasteiger partial charge in [0.15, 0.2) is 0 Å². The Kier molecular flexibility index (Phi) is 4.50. The summed E-state index contributed by atoms with van der Waals surface area (Å²) in [6, 6.07) is 12.3. The first kappa shape index (κ1) is 15.3. The molecule has 0 aliphatic carbocycles. The average Bonchev–Trinajstić information content (AvgIpc) is 2.49. The van der Waals surface area contributed by atoms with Crippen LogP contribution in [0.5, 0.6) is 0 Å². The second-order valence-corrected chi connectivity index (χ2v) is 6.28. The molecule has 21 heavy (non-hydrogen) atoms. The zero-order valence-electron chi connectivity index (χ0n) is 11.1. The van der Waals surface area contributed by atoms with Crippen LogP contribution in [0.2, 0.25) is 5.02 Å². The van der Waals surface area contributed by atoms with E-state index in [9.17, 15) is 13.2 Å². The van der Waals surface area contributed by atoms with Crippen LogP contribution in [0.4, 0.5) is 5.69 Å². The van der Waals surface area contributed by atoms with Crippen molar-refractivity contribution in [2.45, 2.75) is 4.90 Å². The number of carbonyl (C=O) groups excluding carboxylic acids is 1. The lowest BCUT2D eigenvalue weighted by Gasteiger charge is -2.11. The quantitative estimate of drug-likeness (QED) is 0.907. The van der Waals surface area contributed by atoms with E-state index in [1.54, 1.807) is 18.2 Å².